The molecule has 1 fully saturated rings. The highest BCUT2D eigenvalue weighted by Gasteiger charge is 2.31. The third kappa shape index (κ3) is 6.78. The van der Waals surface area contributed by atoms with Gasteiger partial charge in [-0.05, 0) is 30.7 Å². The number of nitrogens with zero attached hydrogens (tertiary/aromatic N) is 1. The number of nitrogens with one attached hydrogen (secondary N) is 1. The van der Waals surface area contributed by atoms with Crippen molar-refractivity contribution in [2.75, 3.05) is 24.2 Å². The second kappa shape index (κ2) is 10.9. The quantitative estimate of drug-likeness (QED) is 0.463. The molecule has 9 heteroatoms. The first-order valence-corrected chi connectivity index (χ1v) is 11.1. The highest BCUT2D eigenvalue weighted by atomic mass is 32.2. The van der Waals surface area contributed by atoms with Gasteiger partial charge in [0.05, 0.1) is 6.61 Å². The summed E-state index contributed by atoms with van der Waals surface area (Å²) in [6.07, 6.45) is 1.13. The first-order chi connectivity index (χ1) is 14.9. The molecule has 1 atom stereocenters. The highest BCUT2D eigenvalue weighted by molar-refractivity contribution is 7.99. The molecule has 3 rings (SSSR count). The maximum absolute atomic E-state index is 12.5. The molecule has 1 saturated heterocycles. The van der Waals surface area contributed by atoms with E-state index < -0.39 is 0 Å². The number of hydrogen-bond donors (Lipinski definition) is 1. The molecule has 1 aliphatic heterocycles. The van der Waals surface area contributed by atoms with E-state index in [-0.39, 0.29) is 29.8 Å². The molecule has 0 saturated carbocycles. The zero-order valence-electron chi connectivity index (χ0n) is 17.6. The van der Waals surface area contributed by atoms with Gasteiger partial charge in [0, 0.05) is 44.3 Å². The molecule has 1 N–H and O–H groups in total. The van der Waals surface area contributed by atoms with Gasteiger partial charge in [-0.2, -0.15) is 0 Å². The predicted molar refractivity (Wildman–Crippen MR) is 117 cm³/mol. The van der Waals surface area contributed by atoms with Crippen LogP contribution in [0.25, 0.3) is 0 Å². The van der Waals surface area contributed by atoms with Crippen LogP contribution in [0.4, 0.5) is 5.69 Å². The smallest absolute Gasteiger partial charge is 0.303 e. The van der Waals surface area contributed by atoms with Gasteiger partial charge < -0.3 is 24.1 Å². The molecule has 1 unspecified atom stereocenters. The third-order valence-corrected chi connectivity index (χ3v) is 5.75. The molecule has 0 radical (unpaired) electrons. The topological polar surface area (TPSA) is 98.1 Å². The Morgan fingerprint density at radius 1 is 1.26 bits per heavy atom. The van der Waals surface area contributed by atoms with Gasteiger partial charge in [-0.25, -0.2) is 0 Å². The lowest BCUT2D eigenvalue weighted by Crippen LogP contribution is -2.38. The minimum Gasteiger partial charge on any atom is -0.493 e. The Balaban J connectivity index is 1.54. The Morgan fingerprint density at radius 2 is 2.10 bits per heavy atom. The van der Waals surface area contributed by atoms with E-state index in [1.807, 2.05) is 18.2 Å². The van der Waals surface area contributed by atoms with Gasteiger partial charge in [0.1, 0.15) is 29.3 Å². The Labute approximate surface area is 185 Å². The predicted octanol–water partition coefficient (Wildman–Crippen LogP) is 3.73. The van der Waals surface area contributed by atoms with E-state index in [0.717, 1.165) is 5.75 Å². The zero-order chi connectivity index (χ0) is 22.2. The number of rotatable bonds is 9. The van der Waals surface area contributed by atoms with Crippen LogP contribution < -0.4 is 10.1 Å². The van der Waals surface area contributed by atoms with Gasteiger partial charge in [-0.15, -0.1) is 11.8 Å². The summed E-state index contributed by atoms with van der Waals surface area (Å²) in [4.78, 5) is 36.5. The lowest BCUT2D eigenvalue weighted by Gasteiger charge is -2.34. The van der Waals surface area contributed by atoms with Crippen LogP contribution in [0, 0.1) is 0 Å². The number of benzene rings is 1. The molecule has 1 aliphatic rings. The fraction of sp³-hybridized carbons (Fsp3) is 0.409. The van der Waals surface area contributed by atoms with Gasteiger partial charge in [-0.1, -0.05) is 6.07 Å². The Morgan fingerprint density at radius 3 is 2.87 bits per heavy atom. The molecule has 0 bridgehead atoms. The summed E-state index contributed by atoms with van der Waals surface area (Å²) >= 11 is 1.65. The number of anilines is 1. The first-order valence-electron chi connectivity index (χ1n) is 10.1. The summed E-state index contributed by atoms with van der Waals surface area (Å²) in [6, 6.07) is 10.8. The van der Waals surface area contributed by atoms with Gasteiger partial charge in [0.15, 0.2) is 0 Å². The van der Waals surface area contributed by atoms with Gasteiger partial charge in [-0.3, -0.25) is 14.4 Å². The van der Waals surface area contributed by atoms with Crippen LogP contribution in [0.3, 0.4) is 0 Å². The van der Waals surface area contributed by atoms with Crippen molar-refractivity contribution in [3.63, 3.8) is 0 Å². The molecule has 0 spiro atoms. The fourth-order valence-corrected chi connectivity index (χ4v) is 4.38. The molecule has 8 nitrogen and oxygen atoms in total. The van der Waals surface area contributed by atoms with E-state index >= 15 is 0 Å². The molecule has 1 aromatic heterocycles. The van der Waals surface area contributed by atoms with Crippen LogP contribution in [0.5, 0.6) is 5.75 Å². The van der Waals surface area contributed by atoms with Gasteiger partial charge >= 0.3 is 5.97 Å². The molecule has 166 valence electrons. The second-order valence-electron chi connectivity index (χ2n) is 7.06. The number of furan rings is 1. The van der Waals surface area contributed by atoms with Crippen LogP contribution >= 0.6 is 11.8 Å². The largest absolute Gasteiger partial charge is 0.493 e. The Kier molecular flexibility index (Phi) is 8.00. The number of carbonyl (C=O) groups is 3. The van der Waals surface area contributed by atoms with Crippen molar-refractivity contribution in [3.8, 4) is 5.75 Å². The van der Waals surface area contributed by atoms with E-state index in [9.17, 15) is 14.4 Å². The van der Waals surface area contributed by atoms with Crippen molar-refractivity contribution in [1.29, 1.82) is 0 Å². The number of ether oxygens (including phenoxy) is 2. The van der Waals surface area contributed by atoms with Crippen molar-refractivity contribution in [1.82, 2.24) is 4.90 Å². The van der Waals surface area contributed by atoms with Crippen molar-refractivity contribution < 1.29 is 28.3 Å². The molecule has 2 heterocycles. The SMILES string of the molecule is CC(=O)Nc1cccc(OCCCN2C(=O)CCSC2c2ccc(COC(C)=O)o2)c1. The molecule has 31 heavy (non-hydrogen) atoms. The number of carbonyl (C=O) groups excluding carboxylic acids is 3. The van der Waals surface area contributed by atoms with E-state index in [1.54, 1.807) is 34.9 Å². The second-order valence-corrected chi connectivity index (χ2v) is 8.24. The fourth-order valence-electron chi connectivity index (χ4n) is 3.17. The van der Waals surface area contributed by atoms with Gasteiger partial charge in [0.25, 0.3) is 0 Å². The highest BCUT2D eigenvalue weighted by Crippen LogP contribution is 2.38. The number of esters is 1. The number of hydrogen-bond acceptors (Lipinski definition) is 7. The van der Waals surface area contributed by atoms with Crippen LogP contribution in [0.15, 0.2) is 40.8 Å². The molecule has 1 aromatic carbocycles. The van der Waals surface area contributed by atoms with E-state index in [4.69, 9.17) is 13.9 Å². The van der Waals surface area contributed by atoms with Crippen LogP contribution in [0.2, 0.25) is 0 Å². The van der Waals surface area contributed by atoms with E-state index in [1.165, 1.54) is 13.8 Å². The Hall–Kier alpha value is -2.94. The third-order valence-electron chi connectivity index (χ3n) is 4.51. The summed E-state index contributed by atoms with van der Waals surface area (Å²) in [7, 11) is 0. The van der Waals surface area contributed by atoms with Crippen molar-refractivity contribution >= 4 is 35.2 Å². The maximum atomic E-state index is 12.5. The summed E-state index contributed by atoms with van der Waals surface area (Å²) < 4.78 is 16.6. The van der Waals surface area contributed by atoms with Crippen LogP contribution in [-0.4, -0.2) is 41.6 Å². The average molecular weight is 447 g/mol. The monoisotopic (exact) mass is 446 g/mol. The normalized spacial score (nSPS) is 16.1. The number of amides is 2. The standard InChI is InChI=1S/C22H26N2O6S/c1-15(25)23-17-5-3-6-18(13-17)28-11-4-10-24-21(27)9-12-31-22(24)20-8-7-19(30-20)14-29-16(2)26/h3,5-8,13,22H,4,9-12,14H2,1-2H3,(H,23,25). The summed E-state index contributed by atoms with van der Waals surface area (Å²) in [5.74, 6) is 2.17. The maximum Gasteiger partial charge on any atom is 0.303 e. The lowest BCUT2D eigenvalue weighted by atomic mass is 10.3. The van der Waals surface area contributed by atoms with Crippen molar-refractivity contribution in [3.05, 3.63) is 47.9 Å². The first kappa shape index (κ1) is 22.7. The zero-order valence-corrected chi connectivity index (χ0v) is 18.4. The van der Waals surface area contributed by atoms with E-state index in [2.05, 4.69) is 5.32 Å². The minimum absolute atomic E-state index is 0.0755. The lowest BCUT2D eigenvalue weighted by molar-refractivity contribution is -0.142. The molecular weight excluding hydrogens is 420 g/mol. The molecule has 2 amide bonds. The van der Waals surface area contributed by atoms with Crippen LogP contribution in [-0.2, 0) is 25.7 Å². The van der Waals surface area contributed by atoms with Crippen molar-refractivity contribution in [2.24, 2.45) is 0 Å². The van der Waals surface area contributed by atoms with Crippen LogP contribution in [0.1, 0.15) is 43.6 Å². The summed E-state index contributed by atoms with van der Waals surface area (Å²) in [5.41, 5.74) is 0.676. The molecular formula is C22H26N2O6S. The molecule has 0 aliphatic carbocycles. The van der Waals surface area contributed by atoms with Crippen molar-refractivity contribution in [2.45, 2.75) is 38.7 Å². The summed E-state index contributed by atoms with van der Waals surface area (Å²) in [6.45, 7) is 3.84. The van der Waals surface area contributed by atoms with Gasteiger partial charge in [0.2, 0.25) is 11.8 Å². The van der Waals surface area contributed by atoms with E-state index in [0.29, 0.717) is 49.0 Å². The summed E-state index contributed by atoms with van der Waals surface area (Å²) in [5, 5.41) is 2.51. The molecule has 2 aromatic rings. The number of thioether (sulfide) groups is 1. The Bertz CT molecular complexity index is 928. The minimum atomic E-state index is -0.371. The average Bonchev–Trinajstić information content (AvgIpc) is 3.19.